The Morgan fingerprint density at radius 3 is 2.46 bits per heavy atom. The van der Waals surface area contributed by atoms with E-state index >= 15 is 0 Å². The van der Waals surface area contributed by atoms with Crippen LogP contribution in [0.25, 0.3) is 5.76 Å². The van der Waals surface area contributed by atoms with E-state index in [9.17, 15) is 19.1 Å². The lowest BCUT2D eigenvalue weighted by Gasteiger charge is -2.25. The van der Waals surface area contributed by atoms with Crippen molar-refractivity contribution < 1.29 is 19.1 Å². The van der Waals surface area contributed by atoms with Gasteiger partial charge >= 0.3 is 0 Å². The lowest BCUT2D eigenvalue weighted by atomic mass is 9.95. The molecule has 0 bridgehead atoms. The van der Waals surface area contributed by atoms with Gasteiger partial charge in [-0.1, -0.05) is 68.7 Å². The molecule has 4 nitrogen and oxygen atoms in total. The van der Waals surface area contributed by atoms with Gasteiger partial charge in [-0.2, -0.15) is 0 Å². The molecule has 1 N–H and O–H groups in total. The number of unbranched alkanes of at least 4 members (excludes halogenated alkanes) is 3. The van der Waals surface area contributed by atoms with Crippen molar-refractivity contribution in [2.45, 2.75) is 38.6 Å². The van der Waals surface area contributed by atoms with E-state index in [1.54, 1.807) is 42.5 Å². The number of rotatable bonds is 7. The normalized spacial score (nSPS) is 18.6. The summed E-state index contributed by atoms with van der Waals surface area (Å²) in [5.41, 5.74) is 0.942. The number of Topliss-reactive ketones (excluding diaryl/α,β-unsaturated/α-hetero) is 1. The van der Waals surface area contributed by atoms with Gasteiger partial charge in [0.05, 0.1) is 11.6 Å². The first-order valence-electron chi connectivity index (χ1n) is 9.64. The molecule has 1 aliphatic heterocycles. The monoisotopic (exact) mass is 381 g/mol. The third-order valence-electron chi connectivity index (χ3n) is 5.00. The summed E-state index contributed by atoms with van der Waals surface area (Å²) in [5, 5.41) is 10.8. The number of hydrogen-bond acceptors (Lipinski definition) is 3. The maximum absolute atomic E-state index is 13.9. The lowest BCUT2D eigenvalue weighted by molar-refractivity contribution is -0.139. The van der Waals surface area contributed by atoms with Gasteiger partial charge in [0.1, 0.15) is 11.6 Å². The van der Waals surface area contributed by atoms with Crippen LogP contribution in [0, 0.1) is 5.82 Å². The van der Waals surface area contributed by atoms with Gasteiger partial charge < -0.3 is 10.0 Å². The van der Waals surface area contributed by atoms with Crippen LogP contribution >= 0.6 is 0 Å². The fraction of sp³-hybridized carbons (Fsp3) is 0.304. The van der Waals surface area contributed by atoms with Crippen molar-refractivity contribution in [3.05, 3.63) is 77.1 Å². The zero-order valence-electron chi connectivity index (χ0n) is 15.9. The molecule has 146 valence electrons. The molecular formula is C23H24FNO3. The minimum Gasteiger partial charge on any atom is -0.507 e. The molecule has 2 aromatic carbocycles. The van der Waals surface area contributed by atoms with E-state index in [0.717, 1.165) is 25.7 Å². The number of hydrogen-bond donors (Lipinski definition) is 1. The van der Waals surface area contributed by atoms with Crippen LogP contribution in [-0.4, -0.2) is 28.2 Å². The Kier molecular flexibility index (Phi) is 6.24. The topological polar surface area (TPSA) is 57.6 Å². The molecule has 1 atom stereocenters. The Balaban J connectivity index is 2.06. The number of amides is 1. The van der Waals surface area contributed by atoms with E-state index in [4.69, 9.17) is 0 Å². The SMILES string of the molecule is CCCCCCN1C(=O)C(=O)C(=C(O)c2ccccc2)[C@@H]1c1cccc(F)c1. The van der Waals surface area contributed by atoms with Gasteiger partial charge in [0.15, 0.2) is 0 Å². The minimum absolute atomic E-state index is 0.0114. The second-order valence-electron chi connectivity index (χ2n) is 6.97. The van der Waals surface area contributed by atoms with Crippen LogP contribution in [0.5, 0.6) is 0 Å². The highest BCUT2D eigenvalue weighted by Gasteiger charge is 2.45. The summed E-state index contributed by atoms with van der Waals surface area (Å²) in [6, 6.07) is 13.7. The zero-order chi connectivity index (χ0) is 20.1. The third kappa shape index (κ3) is 3.98. The molecule has 1 amide bonds. The number of halogens is 1. The number of nitrogens with zero attached hydrogens (tertiary/aromatic N) is 1. The summed E-state index contributed by atoms with van der Waals surface area (Å²) in [7, 11) is 0. The molecule has 1 aliphatic rings. The maximum atomic E-state index is 13.9. The van der Waals surface area contributed by atoms with Crippen molar-refractivity contribution >= 4 is 17.4 Å². The van der Waals surface area contributed by atoms with E-state index < -0.39 is 23.5 Å². The molecule has 5 heteroatoms. The van der Waals surface area contributed by atoms with E-state index in [-0.39, 0.29) is 11.3 Å². The Morgan fingerprint density at radius 1 is 1.04 bits per heavy atom. The van der Waals surface area contributed by atoms with Crippen LogP contribution in [0.4, 0.5) is 4.39 Å². The number of aliphatic hydroxyl groups is 1. The van der Waals surface area contributed by atoms with E-state index in [1.165, 1.54) is 17.0 Å². The average Bonchev–Trinajstić information content (AvgIpc) is 2.96. The number of likely N-dealkylation sites (tertiary alicyclic amines) is 1. The standard InChI is InChI=1S/C23H24FNO3/c1-2-3-4-8-14-25-20(17-12-9-13-18(24)15-17)19(22(27)23(25)28)21(26)16-10-6-5-7-11-16/h5-7,9-13,15,20,26H,2-4,8,14H2,1H3/t20-/m0/s1. The molecule has 1 fully saturated rings. The number of carbonyl (C=O) groups is 2. The number of aliphatic hydroxyl groups excluding tert-OH is 1. The molecule has 0 aromatic heterocycles. The summed E-state index contributed by atoms with van der Waals surface area (Å²) in [6.07, 6.45) is 3.78. The van der Waals surface area contributed by atoms with Crippen molar-refractivity contribution in [2.24, 2.45) is 0 Å². The fourth-order valence-corrected chi connectivity index (χ4v) is 3.59. The molecule has 1 heterocycles. The van der Waals surface area contributed by atoms with Gasteiger partial charge in [0.2, 0.25) is 0 Å². The molecule has 2 aromatic rings. The Morgan fingerprint density at radius 2 is 1.79 bits per heavy atom. The molecule has 0 unspecified atom stereocenters. The first-order chi connectivity index (χ1) is 13.5. The van der Waals surface area contributed by atoms with Gasteiger partial charge in [-0.05, 0) is 24.1 Å². The molecule has 1 saturated heterocycles. The van der Waals surface area contributed by atoms with E-state index in [0.29, 0.717) is 17.7 Å². The van der Waals surface area contributed by atoms with Gasteiger partial charge in [-0.3, -0.25) is 9.59 Å². The molecular weight excluding hydrogens is 357 g/mol. The van der Waals surface area contributed by atoms with Crippen LogP contribution in [0.15, 0.2) is 60.2 Å². The maximum Gasteiger partial charge on any atom is 0.295 e. The number of carbonyl (C=O) groups excluding carboxylic acids is 2. The van der Waals surface area contributed by atoms with E-state index in [2.05, 4.69) is 6.92 Å². The van der Waals surface area contributed by atoms with Crippen molar-refractivity contribution in [1.29, 1.82) is 0 Å². The lowest BCUT2D eigenvalue weighted by Crippen LogP contribution is -2.30. The number of benzene rings is 2. The van der Waals surface area contributed by atoms with Crippen molar-refractivity contribution in [3.8, 4) is 0 Å². The third-order valence-corrected chi connectivity index (χ3v) is 5.00. The highest BCUT2D eigenvalue weighted by molar-refractivity contribution is 6.46. The molecule has 0 radical (unpaired) electrons. The summed E-state index contributed by atoms with van der Waals surface area (Å²) >= 11 is 0. The first kappa shape index (κ1) is 19.8. The van der Waals surface area contributed by atoms with Crippen LogP contribution in [0.3, 0.4) is 0 Å². The molecule has 0 saturated carbocycles. The largest absolute Gasteiger partial charge is 0.507 e. The highest BCUT2D eigenvalue weighted by Crippen LogP contribution is 2.39. The average molecular weight is 381 g/mol. The molecule has 3 rings (SSSR count). The zero-order valence-corrected chi connectivity index (χ0v) is 15.9. The predicted molar refractivity (Wildman–Crippen MR) is 106 cm³/mol. The Hall–Kier alpha value is -2.95. The minimum atomic E-state index is -0.794. The summed E-state index contributed by atoms with van der Waals surface area (Å²) in [4.78, 5) is 27.0. The van der Waals surface area contributed by atoms with Gasteiger partial charge in [0, 0.05) is 12.1 Å². The highest BCUT2D eigenvalue weighted by atomic mass is 19.1. The Bertz CT molecular complexity index is 892. The predicted octanol–water partition coefficient (Wildman–Crippen LogP) is 4.83. The smallest absolute Gasteiger partial charge is 0.295 e. The summed E-state index contributed by atoms with van der Waals surface area (Å²) < 4.78 is 13.9. The first-order valence-corrected chi connectivity index (χ1v) is 9.64. The van der Waals surface area contributed by atoms with Gasteiger partial charge in [-0.15, -0.1) is 0 Å². The summed E-state index contributed by atoms with van der Waals surface area (Å²) in [6.45, 7) is 2.48. The number of ketones is 1. The van der Waals surface area contributed by atoms with Crippen molar-refractivity contribution in [3.63, 3.8) is 0 Å². The van der Waals surface area contributed by atoms with Crippen LogP contribution < -0.4 is 0 Å². The molecule has 28 heavy (non-hydrogen) atoms. The van der Waals surface area contributed by atoms with E-state index in [1.807, 2.05) is 0 Å². The second-order valence-corrected chi connectivity index (χ2v) is 6.97. The molecule has 0 aliphatic carbocycles. The van der Waals surface area contributed by atoms with Gasteiger partial charge in [0.25, 0.3) is 11.7 Å². The fourth-order valence-electron chi connectivity index (χ4n) is 3.59. The molecule has 0 spiro atoms. The van der Waals surface area contributed by atoms with Crippen LogP contribution in [-0.2, 0) is 9.59 Å². The second kappa shape index (κ2) is 8.83. The van der Waals surface area contributed by atoms with Crippen molar-refractivity contribution in [2.75, 3.05) is 6.54 Å². The van der Waals surface area contributed by atoms with Crippen LogP contribution in [0.2, 0.25) is 0 Å². The Labute approximate surface area is 164 Å². The van der Waals surface area contributed by atoms with Crippen LogP contribution in [0.1, 0.15) is 49.8 Å². The van der Waals surface area contributed by atoms with Gasteiger partial charge in [-0.25, -0.2) is 4.39 Å². The quantitative estimate of drug-likeness (QED) is 0.323. The van der Waals surface area contributed by atoms with Crippen molar-refractivity contribution in [1.82, 2.24) is 4.90 Å². The summed E-state index contributed by atoms with van der Waals surface area (Å²) in [5.74, 6) is -2.06.